The summed E-state index contributed by atoms with van der Waals surface area (Å²) < 4.78 is 7.67. The van der Waals surface area contributed by atoms with Crippen molar-refractivity contribution in [1.82, 2.24) is 9.78 Å². The third kappa shape index (κ3) is 4.60. The molecule has 0 spiro atoms. The first-order valence-electron chi connectivity index (χ1n) is 7.50. The first-order chi connectivity index (χ1) is 10.1. The quantitative estimate of drug-likeness (QED) is 0.852. The Balaban J connectivity index is 1.89. The van der Waals surface area contributed by atoms with E-state index >= 15 is 0 Å². The van der Waals surface area contributed by atoms with Gasteiger partial charge < -0.3 is 9.84 Å². The fourth-order valence-corrected chi connectivity index (χ4v) is 2.16. The fraction of sp³-hybridized carbons (Fsp3) is 0.471. The molecule has 1 unspecified atom stereocenters. The van der Waals surface area contributed by atoms with Crippen molar-refractivity contribution < 1.29 is 9.84 Å². The lowest BCUT2D eigenvalue weighted by Crippen LogP contribution is -2.03. The van der Waals surface area contributed by atoms with Gasteiger partial charge in [0.2, 0.25) is 0 Å². The predicted molar refractivity (Wildman–Crippen MR) is 83.4 cm³/mol. The molecule has 2 rings (SSSR count). The highest BCUT2D eigenvalue weighted by Gasteiger charge is 2.05. The van der Waals surface area contributed by atoms with Crippen molar-refractivity contribution in [3.05, 3.63) is 47.3 Å². The molecule has 4 nitrogen and oxygen atoms in total. The number of hydrogen-bond donors (Lipinski definition) is 1. The molecule has 0 aliphatic heterocycles. The van der Waals surface area contributed by atoms with E-state index in [0.29, 0.717) is 6.61 Å². The van der Waals surface area contributed by atoms with Crippen LogP contribution in [0.3, 0.4) is 0 Å². The molecule has 0 radical (unpaired) electrons. The highest BCUT2D eigenvalue weighted by molar-refractivity contribution is 5.27. The molecule has 1 atom stereocenters. The van der Waals surface area contributed by atoms with Gasteiger partial charge in [-0.3, -0.25) is 4.68 Å². The first kappa shape index (κ1) is 15.6. The summed E-state index contributed by atoms with van der Waals surface area (Å²) in [6, 6.07) is 10.1. The minimum absolute atomic E-state index is 0.251. The van der Waals surface area contributed by atoms with Crippen LogP contribution < -0.4 is 4.74 Å². The van der Waals surface area contributed by atoms with E-state index in [4.69, 9.17) is 4.74 Å². The van der Waals surface area contributed by atoms with Gasteiger partial charge in [-0.05, 0) is 49.9 Å². The van der Waals surface area contributed by atoms with Crippen molar-refractivity contribution in [3.8, 4) is 5.75 Å². The summed E-state index contributed by atoms with van der Waals surface area (Å²) >= 11 is 0. The SMILES string of the molecule is CCc1cc(COc2ccc(CCC(C)O)cc2)n(C)n1. The topological polar surface area (TPSA) is 47.3 Å². The zero-order valence-corrected chi connectivity index (χ0v) is 13.0. The Morgan fingerprint density at radius 3 is 2.57 bits per heavy atom. The van der Waals surface area contributed by atoms with Crippen molar-refractivity contribution >= 4 is 0 Å². The number of hydrogen-bond acceptors (Lipinski definition) is 3. The summed E-state index contributed by atoms with van der Waals surface area (Å²) in [5.41, 5.74) is 3.38. The molecule has 1 N–H and O–H groups in total. The van der Waals surface area contributed by atoms with Crippen LogP contribution >= 0.6 is 0 Å². The predicted octanol–water partition coefficient (Wildman–Crippen LogP) is 2.87. The van der Waals surface area contributed by atoms with Gasteiger partial charge in [0.15, 0.2) is 0 Å². The van der Waals surface area contributed by atoms with Gasteiger partial charge in [-0.15, -0.1) is 0 Å². The van der Waals surface area contributed by atoms with E-state index in [2.05, 4.69) is 30.2 Å². The van der Waals surface area contributed by atoms with Gasteiger partial charge in [0.25, 0.3) is 0 Å². The van der Waals surface area contributed by atoms with E-state index in [0.717, 1.165) is 36.4 Å². The van der Waals surface area contributed by atoms with E-state index in [1.807, 2.05) is 30.8 Å². The maximum absolute atomic E-state index is 9.29. The third-order valence-corrected chi connectivity index (χ3v) is 3.55. The first-order valence-corrected chi connectivity index (χ1v) is 7.50. The minimum Gasteiger partial charge on any atom is -0.487 e. The molecule has 1 heterocycles. The molecular weight excluding hydrogens is 264 g/mol. The molecule has 4 heteroatoms. The second-order valence-corrected chi connectivity index (χ2v) is 5.42. The molecule has 114 valence electrons. The van der Waals surface area contributed by atoms with E-state index in [1.165, 1.54) is 5.56 Å². The minimum atomic E-state index is -0.251. The van der Waals surface area contributed by atoms with Crippen LogP contribution in [0.5, 0.6) is 5.75 Å². The molecular formula is C17H24N2O2. The highest BCUT2D eigenvalue weighted by atomic mass is 16.5. The number of aliphatic hydroxyl groups excluding tert-OH is 1. The van der Waals surface area contributed by atoms with Crippen LogP contribution in [0, 0.1) is 0 Å². The molecule has 1 aromatic heterocycles. The van der Waals surface area contributed by atoms with Crippen LogP contribution in [0.4, 0.5) is 0 Å². The van der Waals surface area contributed by atoms with Crippen molar-refractivity contribution in [1.29, 1.82) is 0 Å². The number of rotatable bonds is 7. The lowest BCUT2D eigenvalue weighted by molar-refractivity contribution is 0.185. The molecule has 2 aromatic rings. The van der Waals surface area contributed by atoms with Gasteiger partial charge >= 0.3 is 0 Å². The van der Waals surface area contributed by atoms with Crippen molar-refractivity contribution in [2.45, 2.75) is 45.8 Å². The maximum Gasteiger partial charge on any atom is 0.130 e. The number of aliphatic hydroxyl groups is 1. The highest BCUT2D eigenvalue weighted by Crippen LogP contribution is 2.16. The van der Waals surface area contributed by atoms with Crippen LogP contribution in [0.1, 0.15) is 37.2 Å². The van der Waals surface area contributed by atoms with Crippen LogP contribution in [0.25, 0.3) is 0 Å². The zero-order valence-electron chi connectivity index (χ0n) is 13.0. The Bertz CT molecular complexity index is 559. The summed E-state index contributed by atoms with van der Waals surface area (Å²) in [6.07, 6.45) is 2.36. The molecule has 0 fully saturated rings. The second kappa shape index (κ2) is 7.27. The Hall–Kier alpha value is -1.81. The molecule has 1 aromatic carbocycles. The summed E-state index contributed by atoms with van der Waals surface area (Å²) in [7, 11) is 1.94. The monoisotopic (exact) mass is 288 g/mol. The fourth-order valence-electron chi connectivity index (χ4n) is 2.16. The number of ether oxygens (including phenoxy) is 1. The summed E-state index contributed by atoms with van der Waals surface area (Å²) in [5, 5.41) is 13.7. The van der Waals surface area contributed by atoms with E-state index in [-0.39, 0.29) is 6.10 Å². The average molecular weight is 288 g/mol. The Kier molecular flexibility index (Phi) is 5.39. The van der Waals surface area contributed by atoms with Crippen molar-refractivity contribution in [3.63, 3.8) is 0 Å². The normalized spacial score (nSPS) is 12.4. The zero-order chi connectivity index (χ0) is 15.2. The molecule has 0 amide bonds. The number of aryl methyl sites for hydroxylation is 3. The third-order valence-electron chi connectivity index (χ3n) is 3.55. The van der Waals surface area contributed by atoms with Gasteiger partial charge in [-0.1, -0.05) is 19.1 Å². The van der Waals surface area contributed by atoms with Crippen LogP contribution in [-0.2, 0) is 26.5 Å². The van der Waals surface area contributed by atoms with Crippen LogP contribution in [0.2, 0.25) is 0 Å². The van der Waals surface area contributed by atoms with E-state index in [1.54, 1.807) is 0 Å². The van der Waals surface area contributed by atoms with Gasteiger partial charge in [0, 0.05) is 7.05 Å². The average Bonchev–Trinajstić information content (AvgIpc) is 2.84. The Morgan fingerprint density at radius 2 is 2.00 bits per heavy atom. The van der Waals surface area contributed by atoms with Crippen molar-refractivity contribution in [2.24, 2.45) is 7.05 Å². The van der Waals surface area contributed by atoms with Gasteiger partial charge in [-0.25, -0.2) is 0 Å². The molecule has 0 aliphatic rings. The Morgan fingerprint density at radius 1 is 1.29 bits per heavy atom. The molecule has 21 heavy (non-hydrogen) atoms. The van der Waals surface area contributed by atoms with Crippen LogP contribution in [-0.4, -0.2) is 21.0 Å². The largest absolute Gasteiger partial charge is 0.487 e. The maximum atomic E-state index is 9.29. The van der Waals surface area contributed by atoms with Crippen LogP contribution in [0.15, 0.2) is 30.3 Å². The van der Waals surface area contributed by atoms with E-state index in [9.17, 15) is 5.11 Å². The lowest BCUT2D eigenvalue weighted by atomic mass is 10.1. The molecule has 0 saturated carbocycles. The molecule has 0 bridgehead atoms. The summed E-state index contributed by atoms with van der Waals surface area (Å²) in [5.74, 6) is 0.857. The molecule has 0 saturated heterocycles. The van der Waals surface area contributed by atoms with Gasteiger partial charge in [-0.2, -0.15) is 5.10 Å². The second-order valence-electron chi connectivity index (χ2n) is 5.42. The smallest absolute Gasteiger partial charge is 0.130 e. The summed E-state index contributed by atoms with van der Waals surface area (Å²) in [6.45, 7) is 4.44. The molecule has 0 aliphatic carbocycles. The van der Waals surface area contributed by atoms with E-state index < -0.39 is 0 Å². The number of nitrogens with zero attached hydrogens (tertiary/aromatic N) is 2. The van der Waals surface area contributed by atoms with Crippen molar-refractivity contribution in [2.75, 3.05) is 0 Å². The lowest BCUT2D eigenvalue weighted by Gasteiger charge is -2.08. The number of benzene rings is 1. The van der Waals surface area contributed by atoms with Gasteiger partial charge in [0.05, 0.1) is 17.5 Å². The standard InChI is InChI=1S/C17H24N2O2/c1-4-15-11-16(19(3)18-15)12-21-17-9-7-14(8-10-17)6-5-13(2)20/h7-11,13,20H,4-6,12H2,1-3H3. The summed E-state index contributed by atoms with van der Waals surface area (Å²) in [4.78, 5) is 0. The van der Waals surface area contributed by atoms with Gasteiger partial charge in [0.1, 0.15) is 12.4 Å². The Labute approximate surface area is 126 Å². The number of aromatic nitrogens is 2.